The minimum atomic E-state index is -4.67. The lowest BCUT2D eigenvalue weighted by Crippen LogP contribution is -2.53. The highest BCUT2D eigenvalue weighted by atomic mass is 19.4. The molecule has 1 rings (SSSR count). The number of hydrogen-bond donors (Lipinski definition) is 1. The Morgan fingerprint density at radius 1 is 1.04 bits per heavy atom. The lowest BCUT2D eigenvalue weighted by molar-refractivity contribution is -0.206. The zero-order chi connectivity index (χ0) is 18.8. The van der Waals surface area contributed by atoms with Crippen molar-refractivity contribution in [1.29, 1.82) is 0 Å². The van der Waals surface area contributed by atoms with Crippen LogP contribution in [0, 0.1) is 0 Å². The summed E-state index contributed by atoms with van der Waals surface area (Å²) >= 11 is 0. The first-order chi connectivity index (χ1) is 10.7. The Balaban J connectivity index is 2.75. The van der Waals surface area contributed by atoms with Gasteiger partial charge in [-0.2, -0.15) is 13.2 Å². The van der Waals surface area contributed by atoms with Crippen LogP contribution in [0.3, 0.4) is 0 Å². The summed E-state index contributed by atoms with van der Waals surface area (Å²) in [5, 5.41) is 9.33. The van der Waals surface area contributed by atoms with Gasteiger partial charge < -0.3 is 9.84 Å². The van der Waals surface area contributed by atoms with Crippen LogP contribution in [0.1, 0.15) is 58.8 Å². The van der Waals surface area contributed by atoms with Crippen molar-refractivity contribution >= 4 is 0 Å². The normalized spacial score (nSPS) is 15.0. The first-order valence-corrected chi connectivity index (χ1v) is 7.92. The second-order valence-electron chi connectivity index (χ2n) is 7.94. The number of hydrogen-bond acceptors (Lipinski definition) is 3. The highest BCUT2D eigenvalue weighted by Crippen LogP contribution is 2.32. The fraction of sp³-hybridized carbons (Fsp3) is 0.667. The van der Waals surface area contributed by atoms with Crippen LogP contribution in [0.5, 0.6) is 0 Å². The van der Waals surface area contributed by atoms with Gasteiger partial charge in [0, 0.05) is 11.1 Å². The number of aliphatic hydroxyl groups excluding tert-OH is 1. The van der Waals surface area contributed by atoms with Crippen molar-refractivity contribution in [3.05, 3.63) is 35.4 Å². The predicted molar refractivity (Wildman–Crippen MR) is 88.5 cm³/mol. The number of rotatable bonds is 5. The summed E-state index contributed by atoms with van der Waals surface area (Å²) in [4.78, 5) is 2.18. The molecular weight excluding hydrogens is 319 g/mol. The summed E-state index contributed by atoms with van der Waals surface area (Å²) in [5.74, 6) is 0. The summed E-state index contributed by atoms with van der Waals surface area (Å²) in [7, 11) is 0. The molecule has 0 saturated carbocycles. The molecule has 6 heteroatoms. The SMILES string of the molecule is CC(C)(C)N(COCc1cccc(C(O)C(F)(F)F)c1)C(C)(C)C. The van der Waals surface area contributed by atoms with E-state index in [9.17, 15) is 18.3 Å². The molecule has 0 saturated heterocycles. The van der Waals surface area contributed by atoms with Gasteiger partial charge in [0.1, 0.15) is 6.73 Å². The maximum atomic E-state index is 12.6. The minimum Gasteiger partial charge on any atom is -0.379 e. The molecule has 0 fully saturated rings. The van der Waals surface area contributed by atoms with Crippen LogP contribution in [0.25, 0.3) is 0 Å². The quantitative estimate of drug-likeness (QED) is 0.787. The third-order valence-corrected chi connectivity index (χ3v) is 3.69. The van der Waals surface area contributed by atoms with E-state index in [2.05, 4.69) is 46.4 Å². The molecule has 0 heterocycles. The van der Waals surface area contributed by atoms with E-state index >= 15 is 0 Å². The topological polar surface area (TPSA) is 32.7 Å². The Hall–Kier alpha value is -1.11. The molecule has 1 unspecified atom stereocenters. The van der Waals surface area contributed by atoms with Crippen LogP contribution in [-0.2, 0) is 11.3 Å². The van der Waals surface area contributed by atoms with E-state index in [1.165, 1.54) is 18.2 Å². The van der Waals surface area contributed by atoms with Gasteiger partial charge in [0.15, 0.2) is 6.10 Å². The zero-order valence-electron chi connectivity index (χ0n) is 15.2. The molecule has 24 heavy (non-hydrogen) atoms. The maximum absolute atomic E-state index is 12.6. The van der Waals surface area contributed by atoms with E-state index < -0.39 is 12.3 Å². The molecule has 0 aliphatic heterocycles. The summed E-state index contributed by atoms with van der Waals surface area (Å²) in [5.41, 5.74) is 0.213. The monoisotopic (exact) mass is 347 g/mol. The zero-order valence-corrected chi connectivity index (χ0v) is 15.2. The van der Waals surface area contributed by atoms with E-state index in [0.29, 0.717) is 12.3 Å². The summed E-state index contributed by atoms with van der Waals surface area (Å²) in [6.45, 7) is 13.1. The third kappa shape index (κ3) is 6.07. The Morgan fingerprint density at radius 2 is 1.58 bits per heavy atom. The predicted octanol–water partition coefficient (Wildman–Crippen LogP) is 4.66. The van der Waals surface area contributed by atoms with Crippen LogP contribution < -0.4 is 0 Å². The largest absolute Gasteiger partial charge is 0.418 e. The molecule has 1 aromatic carbocycles. The molecule has 3 nitrogen and oxygen atoms in total. The molecule has 0 aromatic heterocycles. The average molecular weight is 347 g/mol. The first kappa shape index (κ1) is 20.9. The number of halogens is 3. The van der Waals surface area contributed by atoms with Crippen molar-refractivity contribution in [2.24, 2.45) is 0 Å². The van der Waals surface area contributed by atoms with Crippen LogP contribution in [-0.4, -0.2) is 34.0 Å². The first-order valence-electron chi connectivity index (χ1n) is 7.92. The van der Waals surface area contributed by atoms with E-state index in [-0.39, 0.29) is 23.2 Å². The second-order valence-corrected chi connectivity index (χ2v) is 7.94. The fourth-order valence-corrected chi connectivity index (χ4v) is 2.69. The van der Waals surface area contributed by atoms with Crippen molar-refractivity contribution in [3.8, 4) is 0 Å². The van der Waals surface area contributed by atoms with Crippen molar-refractivity contribution < 1.29 is 23.0 Å². The van der Waals surface area contributed by atoms with Gasteiger partial charge in [-0.3, -0.25) is 4.90 Å². The summed E-state index contributed by atoms with van der Waals surface area (Å²) < 4.78 is 43.5. The van der Waals surface area contributed by atoms with Crippen LogP contribution in [0.2, 0.25) is 0 Å². The van der Waals surface area contributed by atoms with Gasteiger partial charge in [-0.15, -0.1) is 0 Å². The molecule has 1 N–H and O–H groups in total. The van der Waals surface area contributed by atoms with Crippen LogP contribution in [0.15, 0.2) is 24.3 Å². The van der Waals surface area contributed by atoms with Gasteiger partial charge in [0.05, 0.1) is 6.61 Å². The van der Waals surface area contributed by atoms with E-state index in [4.69, 9.17) is 4.74 Å². The smallest absolute Gasteiger partial charge is 0.379 e. The van der Waals surface area contributed by atoms with Crippen molar-refractivity contribution in [2.45, 2.75) is 71.5 Å². The minimum absolute atomic E-state index is 0.105. The van der Waals surface area contributed by atoms with Gasteiger partial charge in [-0.25, -0.2) is 0 Å². The lowest BCUT2D eigenvalue weighted by atomic mass is 9.97. The summed E-state index contributed by atoms with van der Waals surface area (Å²) in [6.07, 6.45) is -7.15. The number of benzene rings is 1. The average Bonchev–Trinajstić information content (AvgIpc) is 2.39. The molecule has 0 bridgehead atoms. The molecule has 1 atom stereocenters. The van der Waals surface area contributed by atoms with Gasteiger partial charge >= 0.3 is 6.18 Å². The molecule has 0 aliphatic carbocycles. The molecule has 0 amide bonds. The van der Waals surface area contributed by atoms with E-state index in [0.717, 1.165) is 0 Å². The van der Waals surface area contributed by atoms with Gasteiger partial charge in [-0.05, 0) is 52.7 Å². The van der Waals surface area contributed by atoms with Gasteiger partial charge in [0.25, 0.3) is 0 Å². The Bertz CT molecular complexity index is 516. The number of ether oxygens (including phenoxy) is 1. The fourth-order valence-electron chi connectivity index (χ4n) is 2.69. The maximum Gasteiger partial charge on any atom is 0.418 e. The lowest BCUT2D eigenvalue weighted by Gasteiger charge is -2.44. The van der Waals surface area contributed by atoms with Crippen molar-refractivity contribution in [2.75, 3.05) is 6.73 Å². The van der Waals surface area contributed by atoms with Crippen LogP contribution in [0.4, 0.5) is 13.2 Å². The van der Waals surface area contributed by atoms with Crippen LogP contribution >= 0.6 is 0 Å². The molecule has 0 radical (unpaired) electrons. The highest BCUT2D eigenvalue weighted by Gasteiger charge is 2.39. The standard InChI is InChI=1S/C18H28F3NO2/c1-16(2,3)22(17(4,5)6)12-24-11-13-8-7-9-14(10-13)15(23)18(19,20)21/h7-10,15,23H,11-12H2,1-6H3. The third-order valence-electron chi connectivity index (χ3n) is 3.69. The Morgan fingerprint density at radius 3 is 2.04 bits per heavy atom. The Labute approximate surface area is 142 Å². The molecule has 1 aromatic rings. The number of aliphatic hydroxyl groups is 1. The second kappa shape index (κ2) is 7.42. The number of alkyl halides is 3. The number of nitrogens with zero attached hydrogens (tertiary/aromatic N) is 1. The van der Waals surface area contributed by atoms with Crippen molar-refractivity contribution in [3.63, 3.8) is 0 Å². The van der Waals surface area contributed by atoms with E-state index in [1.54, 1.807) is 6.07 Å². The highest BCUT2D eigenvalue weighted by molar-refractivity contribution is 5.25. The van der Waals surface area contributed by atoms with Crippen molar-refractivity contribution in [1.82, 2.24) is 4.90 Å². The molecule has 0 aliphatic rings. The Kier molecular flexibility index (Phi) is 6.47. The molecule has 0 spiro atoms. The molecule has 138 valence electrons. The van der Waals surface area contributed by atoms with Gasteiger partial charge in [-0.1, -0.05) is 24.3 Å². The summed E-state index contributed by atoms with van der Waals surface area (Å²) in [6, 6.07) is 5.77. The molecular formula is C18H28F3NO2. The van der Waals surface area contributed by atoms with E-state index in [1.807, 2.05) is 0 Å². The van der Waals surface area contributed by atoms with Gasteiger partial charge in [0.2, 0.25) is 0 Å².